The highest BCUT2D eigenvalue weighted by molar-refractivity contribution is 7.92. The van der Waals surface area contributed by atoms with Gasteiger partial charge in [0.2, 0.25) is 10.0 Å². The maximum Gasteiger partial charge on any atom is 0.255 e. The fraction of sp³-hybridized carbons (Fsp3) is 0.235. The number of carbonyl (C=O) groups is 1. The van der Waals surface area contributed by atoms with E-state index in [2.05, 4.69) is 5.32 Å². The largest absolute Gasteiger partial charge is 0.322 e. The van der Waals surface area contributed by atoms with Crippen molar-refractivity contribution in [3.05, 3.63) is 59.1 Å². The second-order valence-corrected chi connectivity index (χ2v) is 8.06. The van der Waals surface area contributed by atoms with Gasteiger partial charge >= 0.3 is 0 Å². The molecule has 2 aromatic carbocycles. The van der Waals surface area contributed by atoms with Gasteiger partial charge in [-0.2, -0.15) is 0 Å². The average Bonchev–Trinajstić information content (AvgIpc) is 2.55. The number of nitrogens with zero attached hydrogens (tertiary/aromatic N) is 1. The molecule has 0 atom stereocenters. The van der Waals surface area contributed by atoms with E-state index in [4.69, 9.17) is 11.6 Å². The van der Waals surface area contributed by atoms with Gasteiger partial charge in [0.25, 0.3) is 5.91 Å². The lowest BCUT2D eigenvalue weighted by Crippen LogP contribution is -2.37. The van der Waals surface area contributed by atoms with Crippen molar-refractivity contribution in [3.63, 3.8) is 0 Å². The maximum atomic E-state index is 12.2. The van der Waals surface area contributed by atoms with Gasteiger partial charge in [0.05, 0.1) is 11.4 Å². The summed E-state index contributed by atoms with van der Waals surface area (Å²) in [5.41, 5.74) is 1.68. The highest BCUT2D eigenvalue weighted by Crippen LogP contribution is 2.25. The summed E-state index contributed by atoms with van der Waals surface area (Å²) in [4.78, 5) is 12.2. The Balaban J connectivity index is 1.74. The molecule has 1 aliphatic rings. The van der Waals surface area contributed by atoms with Crippen molar-refractivity contribution >= 4 is 38.9 Å². The normalized spacial score (nSPS) is 16.6. The molecule has 0 bridgehead atoms. The molecule has 1 saturated heterocycles. The van der Waals surface area contributed by atoms with Crippen LogP contribution >= 0.6 is 11.6 Å². The van der Waals surface area contributed by atoms with Gasteiger partial charge in [0.1, 0.15) is 0 Å². The summed E-state index contributed by atoms with van der Waals surface area (Å²) >= 11 is 5.88. The molecular weight excluding hydrogens is 348 g/mol. The lowest BCUT2D eigenvalue weighted by atomic mass is 10.2. The molecule has 24 heavy (non-hydrogen) atoms. The summed E-state index contributed by atoms with van der Waals surface area (Å²) in [6.07, 6.45) is 1.55. The molecule has 3 rings (SSSR count). The molecule has 1 heterocycles. The number of carbonyl (C=O) groups excluding carboxylic acids is 1. The quantitative estimate of drug-likeness (QED) is 0.906. The number of hydrogen-bond acceptors (Lipinski definition) is 3. The van der Waals surface area contributed by atoms with Gasteiger partial charge in [0.15, 0.2) is 0 Å². The Morgan fingerprint density at radius 2 is 1.83 bits per heavy atom. The molecule has 1 aliphatic heterocycles. The van der Waals surface area contributed by atoms with Gasteiger partial charge < -0.3 is 5.32 Å². The molecule has 0 spiro atoms. The smallest absolute Gasteiger partial charge is 0.255 e. The zero-order valence-electron chi connectivity index (χ0n) is 12.9. The molecule has 0 aliphatic carbocycles. The number of amides is 1. The molecule has 0 saturated carbocycles. The maximum absolute atomic E-state index is 12.2. The third kappa shape index (κ3) is 3.71. The van der Waals surface area contributed by atoms with Gasteiger partial charge in [-0.1, -0.05) is 17.7 Å². The molecular formula is C17H17ClN2O3S. The number of halogens is 1. The van der Waals surface area contributed by atoms with Gasteiger partial charge in [-0.05, 0) is 55.3 Å². The Morgan fingerprint density at radius 3 is 2.50 bits per heavy atom. The Bertz CT molecular complexity index is 850. The van der Waals surface area contributed by atoms with Crippen LogP contribution in [0.2, 0.25) is 5.02 Å². The first kappa shape index (κ1) is 16.8. The Hall–Kier alpha value is -2.05. The topological polar surface area (TPSA) is 66.5 Å². The number of benzene rings is 2. The van der Waals surface area contributed by atoms with E-state index < -0.39 is 10.0 Å². The van der Waals surface area contributed by atoms with Crippen LogP contribution < -0.4 is 9.62 Å². The van der Waals surface area contributed by atoms with E-state index in [1.165, 1.54) is 4.31 Å². The number of hydrogen-bond donors (Lipinski definition) is 1. The van der Waals surface area contributed by atoms with Crippen molar-refractivity contribution in [1.29, 1.82) is 0 Å². The van der Waals surface area contributed by atoms with E-state index >= 15 is 0 Å². The van der Waals surface area contributed by atoms with Gasteiger partial charge in [-0.25, -0.2) is 8.42 Å². The van der Waals surface area contributed by atoms with Crippen LogP contribution in [-0.2, 0) is 10.0 Å². The van der Waals surface area contributed by atoms with Crippen molar-refractivity contribution in [1.82, 2.24) is 0 Å². The van der Waals surface area contributed by atoms with Crippen molar-refractivity contribution in [2.75, 3.05) is 21.9 Å². The summed E-state index contributed by atoms with van der Waals surface area (Å²) in [5, 5.41) is 3.26. The average molecular weight is 365 g/mol. The zero-order valence-corrected chi connectivity index (χ0v) is 14.5. The highest BCUT2D eigenvalue weighted by atomic mass is 35.5. The fourth-order valence-corrected chi connectivity index (χ4v) is 4.45. The van der Waals surface area contributed by atoms with E-state index in [0.717, 1.165) is 6.42 Å². The van der Waals surface area contributed by atoms with E-state index in [1.54, 1.807) is 48.5 Å². The first-order chi connectivity index (χ1) is 11.5. The monoisotopic (exact) mass is 364 g/mol. The molecule has 7 heteroatoms. The molecule has 2 aromatic rings. The number of nitrogens with one attached hydrogen (secondary N) is 1. The Kier molecular flexibility index (Phi) is 4.78. The molecule has 0 aromatic heterocycles. The van der Waals surface area contributed by atoms with Crippen molar-refractivity contribution < 1.29 is 13.2 Å². The number of sulfonamides is 1. The van der Waals surface area contributed by atoms with Crippen LogP contribution in [0.5, 0.6) is 0 Å². The molecule has 0 unspecified atom stereocenters. The predicted molar refractivity (Wildman–Crippen MR) is 96.2 cm³/mol. The standard InChI is InChI=1S/C17H17ClN2O3S/c18-14-5-3-4-13(12-14)17(21)19-15-6-8-16(9-7-15)20-10-1-2-11-24(20,22)23/h3-9,12H,1-2,10-11H2,(H,19,21). The lowest BCUT2D eigenvalue weighted by molar-refractivity contribution is 0.102. The van der Waals surface area contributed by atoms with Gasteiger partial charge in [0, 0.05) is 22.8 Å². The van der Waals surface area contributed by atoms with Crippen molar-refractivity contribution in [3.8, 4) is 0 Å². The SMILES string of the molecule is O=C(Nc1ccc(N2CCCCS2(=O)=O)cc1)c1cccc(Cl)c1. The van der Waals surface area contributed by atoms with E-state index in [9.17, 15) is 13.2 Å². The first-order valence-electron chi connectivity index (χ1n) is 7.63. The Labute approximate surface area is 146 Å². The van der Waals surface area contributed by atoms with E-state index in [1.807, 2.05) is 0 Å². The van der Waals surface area contributed by atoms with E-state index in [0.29, 0.717) is 34.9 Å². The molecule has 5 nitrogen and oxygen atoms in total. The molecule has 126 valence electrons. The minimum absolute atomic E-state index is 0.181. The van der Waals surface area contributed by atoms with Crippen LogP contribution in [0.3, 0.4) is 0 Å². The van der Waals surface area contributed by atoms with Crippen molar-refractivity contribution in [2.45, 2.75) is 12.8 Å². The lowest BCUT2D eigenvalue weighted by Gasteiger charge is -2.28. The minimum atomic E-state index is -3.23. The first-order valence-corrected chi connectivity index (χ1v) is 9.62. The minimum Gasteiger partial charge on any atom is -0.322 e. The van der Waals surface area contributed by atoms with Crippen LogP contribution in [0.1, 0.15) is 23.2 Å². The van der Waals surface area contributed by atoms with E-state index in [-0.39, 0.29) is 11.7 Å². The fourth-order valence-electron chi connectivity index (χ4n) is 2.62. The van der Waals surface area contributed by atoms with Crippen molar-refractivity contribution in [2.24, 2.45) is 0 Å². The Morgan fingerprint density at radius 1 is 1.08 bits per heavy atom. The summed E-state index contributed by atoms with van der Waals surface area (Å²) in [6.45, 7) is 0.497. The molecule has 1 N–H and O–H groups in total. The third-order valence-corrected chi connectivity index (χ3v) is 5.95. The summed E-state index contributed by atoms with van der Waals surface area (Å²) < 4.78 is 25.6. The zero-order chi connectivity index (χ0) is 17.2. The third-order valence-electron chi connectivity index (χ3n) is 3.85. The second kappa shape index (κ2) is 6.83. The van der Waals surface area contributed by atoms with Gasteiger partial charge in [-0.3, -0.25) is 9.10 Å². The molecule has 0 radical (unpaired) electrons. The van der Waals surface area contributed by atoms with Crippen LogP contribution in [0.25, 0.3) is 0 Å². The molecule has 1 fully saturated rings. The highest BCUT2D eigenvalue weighted by Gasteiger charge is 2.25. The number of rotatable bonds is 3. The van der Waals surface area contributed by atoms with Crippen LogP contribution in [0, 0.1) is 0 Å². The number of anilines is 2. The van der Waals surface area contributed by atoms with Crippen LogP contribution in [0.4, 0.5) is 11.4 Å². The predicted octanol–water partition coefficient (Wildman–Crippen LogP) is 3.52. The summed E-state index contributed by atoms with van der Waals surface area (Å²) in [7, 11) is -3.23. The second-order valence-electron chi connectivity index (χ2n) is 5.61. The summed E-state index contributed by atoms with van der Waals surface area (Å²) in [6, 6.07) is 13.5. The van der Waals surface area contributed by atoms with Gasteiger partial charge in [-0.15, -0.1) is 0 Å². The van der Waals surface area contributed by atoms with Crippen LogP contribution in [0.15, 0.2) is 48.5 Å². The molecule has 1 amide bonds. The van der Waals surface area contributed by atoms with Crippen LogP contribution in [-0.4, -0.2) is 26.6 Å². The summed E-state index contributed by atoms with van der Waals surface area (Å²) in [5.74, 6) is -0.0869.